The fourth-order valence-corrected chi connectivity index (χ4v) is 7.65. The molecule has 10 nitrogen and oxygen atoms in total. The van der Waals surface area contributed by atoms with Crippen molar-refractivity contribution in [2.45, 2.75) is 76.5 Å². The van der Waals surface area contributed by atoms with Crippen LogP contribution in [0.1, 0.15) is 57.1 Å². The number of hydrogen-bond acceptors (Lipinski definition) is 9. The van der Waals surface area contributed by atoms with Crippen LogP contribution < -0.4 is 19.9 Å². The minimum atomic E-state index is -0.587. The van der Waals surface area contributed by atoms with Crippen molar-refractivity contribution in [3.8, 4) is 5.75 Å². The number of amides is 1. The Bertz CT molecular complexity index is 1470. The molecule has 1 N–H and O–H groups in total. The molecule has 1 unspecified atom stereocenters. The van der Waals surface area contributed by atoms with Crippen LogP contribution in [0.3, 0.4) is 0 Å². The van der Waals surface area contributed by atoms with E-state index in [9.17, 15) is 4.79 Å². The van der Waals surface area contributed by atoms with Crippen LogP contribution >= 0.6 is 0 Å². The molecule has 2 aromatic heterocycles. The number of nitrogens with zero attached hydrogens (tertiary/aromatic N) is 7. The minimum Gasteiger partial charge on any atom is -0.497 e. The number of benzene rings is 1. The van der Waals surface area contributed by atoms with Crippen LogP contribution in [0.2, 0.25) is 0 Å². The maximum atomic E-state index is 14.3. The van der Waals surface area contributed by atoms with Crippen LogP contribution in [0.25, 0.3) is 0 Å². The zero-order valence-corrected chi connectivity index (χ0v) is 26.2. The number of likely N-dealkylation sites (tertiary alicyclic amines) is 1. The lowest BCUT2D eigenvalue weighted by Crippen LogP contribution is -2.56. The molecule has 1 aromatic carbocycles. The zero-order chi connectivity index (χ0) is 30.3. The van der Waals surface area contributed by atoms with E-state index >= 15 is 0 Å². The molecule has 2 saturated heterocycles. The van der Waals surface area contributed by atoms with Crippen molar-refractivity contribution in [2.75, 3.05) is 55.0 Å². The second-order valence-electron chi connectivity index (χ2n) is 13.0. The third-order valence-electron chi connectivity index (χ3n) is 10.1. The SMILES string of the molecule is COc1ccc(CN2CCC3(Cc4cnc(Nc5ccc(N6CCN(C(C)C)CC6)cn5)nc4N3C3CCCC3)C2=O)cc1. The largest absolute Gasteiger partial charge is 0.497 e. The second kappa shape index (κ2) is 11.9. The number of nitrogens with one attached hydrogen (secondary N) is 1. The summed E-state index contributed by atoms with van der Waals surface area (Å²) in [5.74, 6) is 3.19. The maximum Gasteiger partial charge on any atom is 0.249 e. The van der Waals surface area contributed by atoms with Crippen molar-refractivity contribution < 1.29 is 9.53 Å². The topological polar surface area (TPSA) is 90.0 Å². The minimum absolute atomic E-state index is 0.208. The van der Waals surface area contributed by atoms with E-state index in [1.54, 1.807) is 7.11 Å². The van der Waals surface area contributed by atoms with Crippen LogP contribution in [0.5, 0.6) is 5.75 Å². The molecule has 44 heavy (non-hydrogen) atoms. The number of hydrogen-bond donors (Lipinski definition) is 1. The number of piperazine rings is 1. The van der Waals surface area contributed by atoms with Crippen LogP contribution in [-0.4, -0.2) is 88.1 Å². The van der Waals surface area contributed by atoms with E-state index in [1.807, 2.05) is 47.6 Å². The number of fused-ring (bicyclic) bond motifs is 1. The molecule has 1 aliphatic carbocycles. The van der Waals surface area contributed by atoms with Crippen LogP contribution in [0.4, 0.5) is 23.3 Å². The van der Waals surface area contributed by atoms with Gasteiger partial charge in [-0.05, 0) is 62.9 Å². The molecule has 1 amide bonds. The Morgan fingerprint density at radius 2 is 1.75 bits per heavy atom. The predicted octanol–water partition coefficient (Wildman–Crippen LogP) is 4.63. The molecule has 1 saturated carbocycles. The molecule has 1 spiro atoms. The van der Waals surface area contributed by atoms with E-state index in [0.717, 1.165) is 86.2 Å². The summed E-state index contributed by atoms with van der Waals surface area (Å²) in [7, 11) is 1.67. The first kappa shape index (κ1) is 28.8. The number of rotatable bonds is 8. The summed E-state index contributed by atoms with van der Waals surface area (Å²) >= 11 is 0. The number of aromatic nitrogens is 3. The normalized spacial score (nSPS) is 22.5. The van der Waals surface area contributed by atoms with Crippen molar-refractivity contribution in [1.82, 2.24) is 24.8 Å². The fraction of sp³-hybridized carbons (Fsp3) is 0.529. The third-order valence-corrected chi connectivity index (χ3v) is 10.1. The first-order valence-corrected chi connectivity index (χ1v) is 16.2. The molecule has 10 heteroatoms. The fourth-order valence-electron chi connectivity index (χ4n) is 7.65. The first-order chi connectivity index (χ1) is 21.4. The second-order valence-corrected chi connectivity index (χ2v) is 13.0. The third kappa shape index (κ3) is 5.33. The number of ether oxygens (including phenoxy) is 1. The summed E-state index contributed by atoms with van der Waals surface area (Å²) in [5.41, 5.74) is 2.73. The summed E-state index contributed by atoms with van der Waals surface area (Å²) in [6.45, 7) is 10.0. The Balaban J connectivity index is 1.08. The lowest BCUT2D eigenvalue weighted by Gasteiger charge is -2.39. The Morgan fingerprint density at radius 3 is 2.43 bits per heavy atom. The van der Waals surface area contributed by atoms with E-state index in [0.29, 0.717) is 31.0 Å². The van der Waals surface area contributed by atoms with Gasteiger partial charge >= 0.3 is 0 Å². The van der Waals surface area contributed by atoms with Gasteiger partial charge < -0.3 is 24.8 Å². The Morgan fingerprint density at radius 1 is 0.977 bits per heavy atom. The highest BCUT2D eigenvalue weighted by molar-refractivity contribution is 5.94. The van der Waals surface area contributed by atoms with Gasteiger partial charge in [-0.2, -0.15) is 4.98 Å². The van der Waals surface area contributed by atoms with Gasteiger partial charge in [-0.1, -0.05) is 25.0 Å². The van der Waals surface area contributed by atoms with Gasteiger partial charge in [-0.3, -0.25) is 9.69 Å². The average molecular weight is 597 g/mol. The highest BCUT2D eigenvalue weighted by Gasteiger charge is 2.57. The van der Waals surface area contributed by atoms with Crippen molar-refractivity contribution in [1.29, 1.82) is 0 Å². The number of carbonyl (C=O) groups excluding carboxylic acids is 1. The molecule has 3 aliphatic heterocycles. The van der Waals surface area contributed by atoms with Gasteiger partial charge in [0, 0.05) is 69.5 Å². The highest BCUT2D eigenvalue weighted by Crippen LogP contribution is 2.48. The molecule has 3 fully saturated rings. The molecule has 1 atom stereocenters. The number of pyridine rings is 1. The van der Waals surface area contributed by atoms with E-state index < -0.39 is 5.54 Å². The summed E-state index contributed by atoms with van der Waals surface area (Å²) in [5, 5.41) is 3.35. The highest BCUT2D eigenvalue weighted by atomic mass is 16.5. The quantitative estimate of drug-likeness (QED) is 0.400. The lowest BCUT2D eigenvalue weighted by molar-refractivity contribution is -0.132. The van der Waals surface area contributed by atoms with Crippen LogP contribution in [-0.2, 0) is 17.8 Å². The smallest absolute Gasteiger partial charge is 0.249 e. The summed E-state index contributed by atoms with van der Waals surface area (Å²) in [4.78, 5) is 38.0. The molecule has 0 radical (unpaired) electrons. The standard InChI is InChI=1S/C34H44N8O2/c1-24(2)39-16-18-40(19-17-39)28-10-13-30(35-22-28)37-33-36-21-26-20-34(42(31(26)38-33)27-6-4-5-7-27)14-15-41(32(34)43)23-25-8-11-29(44-3)12-9-25/h8-13,21-22,24,27H,4-7,14-20,23H2,1-3H3,(H,35,36,37,38). The molecule has 232 valence electrons. The number of carbonyl (C=O) groups is 1. The molecule has 4 aliphatic rings. The van der Waals surface area contributed by atoms with Gasteiger partial charge in [0.15, 0.2) is 0 Å². The van der Waals surface area contributed by atoms with Gasteiger partial charge in [-0.25, -0.2) is 9.97 Å². The number of methoxy groups -OCH3 is 1. The van der Waals surface area contributed by atoms with E-state index in [1.165, 1.54) is 12.8 Å². The monoisotopic (exact) mass is 596 g/mol. The summed E-state index contributed by atoms with van der Waals surface area (Å²) in [6, 6.07) is 13.1. The van der Waals surface area contributed by atoms with E-state index in [4.69, 9.17) is 14.7 Å². The Labute approximate surface area is 260 Å². The lowest BCUT2D eigenvalue weighted by atomic mass is 9.91. The first-order valence-electron chi connectivity index (χ1n) is 16.2. The van der Waals surface area contributed by atoms with Crippen LogP contribution in [0.15, 0.2) is 48.8 Å². The molecule has 7 rings (SSSR count). The Hall–Kier alpha value is -3.92. The van der Waals surface area contributed by atoms with Gasteiger partial charge in [0.2, 0.25) is 11.9 Å². The molecule has 0 bridgehead atoms. The average Bonchev–Trinajstić information content (AvgIpc) is 3.77. The van der Waals surface area contributed by atoms with Gasteiger partial charge in [0.1, 0.15) is 22.9 Å². The van der Waals surface area contributed by atoms with Gasteiger partial charge in [0.05, 0.1) is 19.0 Å². The molecule has 5 heterocycles. The van der Waals surface area contributed by atoms with Crippen molar-refractivity contribution in [3.63, 3.8) is 0 Å². The van der Waals surface area contributed by atoms with Crippen molar-refractivity contribution >= 4 is 29.2 Å². The van der Waals surface area contributed by atoms with Gasteiger partial charge in [0.25, 0.3) is 0 Å². The number of anilines is 4. The molecular formula is C34H44N8O2. The van der Waals surface area contributed by atoms with Crippen molar-refractivity contribution in [2.24, 2.45) is 0 Å². The zero-order valence-electron chi connectivity index (χ0n) is 26.2. The van der Waals surface area contributed by atoms with Crippen molar-refractivity contribution in [3.05, 3.63) is 59.9 Å². The molecular weight excluding hydrogens is 552 g/mol. The maximum absolute atomic E-state index is 14.3. The van der Waals surface area contributed by atoms with E-state index in [-0.39, 0.29) is 5.91 Å². The van der Waals surface area contributed by atoms with E-state index in [2.05, 4.69) is 44.9 Å². The molecule has 3 aromatic rings. The predicted molar refractivity (Wildman–Crippen MR) is 173 cm³/mol. The summed E-state index contributed by atoms with van der Waals surface area (Å²) < 4.78 is 5.32. The van der Waals surface area contributed by atoms with Crippen LogP contribution in [0, 0.1) is 0 Å². The Kier molecular flexibility index (Phi) is 7.78. The summed E-state index contributed by atoms with van der Waals surface area (Å²) in [6.07, 6.45) is 9.88. The van der Waals surface area contributed by atoms with Gasteiger partial charge in [-0.15, -0.1) is 0 Å².